The van der Waals surface area contributed by atoms with Crippen molar-refractivity contribution in [3.05, 3.63) is 29.3 Å². The minimum Gasteiger partial charge on any atom is -0.360 e. The van der Waals surface area contributed by atoms with Gasteiger partial charge in [-0.3, -0.25) is 0 Å². The summed E-state index contributed by atoms with van der Waals surface area (Å²) in [7, 11) is -1.02. The van der Waals surface area contributed by atoms with Gasteiger partial charge in [-0.25, -0.2) is 4.68 Å². The molecule has 2 rings (SSSR count). The molecule has 2 aromatic heterocycles. The highest BCUT2D eigenvalue weighted by Crippen LogP contribution is 2.25. The summed E-state index contributed by atoms with van der Waals surface area (Å²) in [6.45, 7) is 11.6. The molecule has 22 heavy (non-hydrogen) atoms. The van der Waals surface area contributed by atoms with Gasteiger partial charge in [0.1, 0.15) is 6.73 Å². The Morgan fingerprint density at radius 3 is 2.68 bits per heavy atom. The Balaban J connectivity index is 1.92. The molecule has 0 fully saturated rings. The van der Waals surface area contributed by atoms with Crippen LogP contribution in [0, 0.1) is 0 Å². The number of hydrogen-bond donors (Lipinski definition) is 0. The van der Waals surface area contributed by atoms with Crippen LogP contribution < -0.4 is 0 Å². The van der Waals surface area contributed by atoms with Crippen LogP contribution in [0.15, 0.2) is 29.3 Å². The van der Waals surface area contributed by atoms with Gasteiger partial charge >= 0.3 is 0 Å². The van der Waals surface area contributed by atoms with Crippen molar-refractivity contribution in [2.24, 2.45) is 0 Å². The molecule has 0 aliphatic heterocycles. The first kappa shape index (κ1) is 17.5. The fraction of sp³-hybridized carbons (Fsp3) is 0.562. The van der Waals surface area contributed by atoms with Gasteiger partial charge in [0.05, 0.1) is 10.8 Å². The lowest BCUT2D eigenvalue weighted by Gasteiger charge is -2.15. The average Bonchev–Trinajstić information content (AvgIpc) is 3.02. The topological polar surface area (TPSA) is 32.0 Å². The number of rotatable bonds is 8. The standard InChI is InChI=1S/C16H26BrN3OSi/c1-5-6-19-11-14(9-16(19)17)15-10-18-20(12-15)13-21-7-8-22(2,3)4/h9-12H,5-8,13H2,1-4H3. The van der Waals surface area contributed by atoms with Crippen LogP contribution >= 0.6 is 15.9 Å². The number of halogens is 1. The van der Waals surface area contributed by atoms with Crippen LogP contribution in [-0.2, 0) is 18.0 Å². The summed E-state index contributed by atoms with van der Waals surface area (Å²) in [5.41, 5.74) is 2.32. The molecule has 0 radical (unpaired) electrons. The molecule has 6 heteroatoms. The monoisotopic (exact) mass is 383 g/mol. The Morgan fingerprint density at radius 2 is 2.00 bits per heavy atom. The van der Waals surface area contributed by atoms with Crippen molar-refractivity contribution in [1.29, 1.82) is 0 Å². The summed E-state index contributed by atoms with van der Waals surface area (Å²) in [6, 6.07) is 3.33. The first-order valence-electron chi connectivity index (χ1n) is 7.85. The third kappa shape index (κ3) is 5.10. The van der Waals surface area contributed by atoms with Crippen LogP contribution in [0.5, 0.6) is 0 Å². The van der Waals surface area contributed by atoms with E-state index in [0.717, 1.165) is 29.7 Å². The van der Waals surface area contributed by atoms with Gasteiger partial charge in [-0.05, 0) is 34.5 Å². The maximum Gasteiger partial charge on any atom is 0.139 e. The minimum absolute atomic E-state index is 0.529. The molecule has 4 nitrogen and oxygen atoms in total. The number of nitrogens with zero attached hydrogens (tertiary/aromatic N) is 3. The molecular formula is C16H26BrN3OSi. The van der Waals surface area contributed by atoms with Gasteiger partial charge in [0, 0.05) is 44.7 Å². The Labute approximate surface area is 142 Å². The van der Waals surface area contributed by atoms with E-state index in [1.165, 1.54) is 11.6 Å². The largest absolute Gasteiger partial charge is 0.360 e. The van der Waals surface area contributed by atoms with Gasteiger partial charge in [-0.1, -0.05) is 26.6 Å². The highest BCUT2D eigenvalue weighted by atomic mass is 79.9. The molecular weight excluding hydrogens is 358 g/mol. The van der Waals surface area contributed by atoms with Crippen LogP contribution in [0.25, 0.3) is 11.1 Å². The van der Waals surface area contributed by atoms with Gasteiger partial charge in [0.25, 0.3) is 0 Å². The van der Waals surface area contributed by atoms with Gasteiger partial charge in [0.15, 0.2) is 0 Å². The molecule has 122 valence electrons. The average molecular weight is 384 g/mol. The molecule has 0 saturated carbocycles. The molecule has 0 aliphatic carbocycles. The summed E-state index contributed by atoms with van der Waals surface area (Å²) in [5.74, 6) is 0. The van der Waals surface area contributed by atoms with Crippen LogP contribution in [0.3, 0.4) is 0 Å². The molecule has 0 N–H and O–H groups in total. The van der Waals surface area contributed by atoms with Gasteiger partial charge < -0.3 is 9.30 Å². The van der Waals surface area contributed by atoms with E-state index in [-0.39, 0.29) is 0 Å². The van der Waals surface area contributed by atoms with Gasteiger partial charge in [0.2, 0.25) is 0 Å². The van der Waals surface area contributed by atoms with Crippen molar-refractivity contribution in [1.82, 2.24) is 14.3 Å². The lowest BCUT2D eigenvalue weighted by molar-refractivity contribution is 0.0786. The van der Waals surface area contributed by atoms with E-state index >= 15 is 0 Å². The van der Waals surface area contributed by atoms with Crippen molar-refractivity contribution in [2.75, 3.05) is 6.61 Å². The van der Waals surface area contributed by atoms with E-state index < -0.39 is 8.07 Å². The van der Waals surface area contributed by atoms with Crippen LogP contribution in [0.4, 0.5) is 0 Å². The maximum absolute atomic E-state index is 5.73. The van der Waals surface area contributed by atoms with E-state index in [2.05, 4.69) is 64.4 Å². The SMILES string of the molecule is CCCn1cc(-c2cnn(COCC[Si](C)(C)C)c2)cc1Br. The van der Waals surface area contributed by atoms with Crippen LogP contribution in [-0.4, -0.2) is 29.0 Å². The third-order valence-corrected chi connectivity index (χ3v) is 5.88. The molecule has 0 saturated heterocycles. The van der Waals surface area contributed by atoms with Crippen LogP contribution in [0.1, 0.15) is 13.3 Å². The maximum atomic E-state index is 5.73. The molecule has 2 aromatic rings. The Bertz CT molecular complexity index is 601. The molecule has 0 spiro atoms. The summed E-state index contributed by atoms with van der Waals surface area (Å²) in [6.07, 6.45) is 7.24. The van der Waals surface area contributed by atoms with E-state index in [1.807, 2.05) is 17.1 Å². The molecule has 0 unspecified atom stereocenters. The predicted octanol–water partition coefficient (Wildman–Crippen LogP) is 4.84. The lowest BCUT2D eigenvalue weighted by atomic mass is 10.2. The second kappa shape index (κ2) is 7.61. The first-order chi connectivity index (χ1) is 10.4. The van der Waals surface area contributed by atoms with Crippen molar-refractivity contribution in [3.8, 4) is 11.1 Å². The molecule has 0 amide bonds. The molecule has 0 aromatic carbocycles. The Kier molecular flexibility index (Phi) is 6.06. The van der Waals surface area contributed by atoms with Gasteiger partial charge in [-0.2, -0.15) is 5.10 Å². The summed E-state index contributed by atoms with van der Waals surface area (Å²) >= 11 is 3.61. The van der Waals surface area contributed by atoms with E-state index in [9.17, 15) is 0 Å². The van der Waals surface area contributed by atoms with E-state index in [4.69, 9.17) is 4.74 Å². The smallest absolute Gasteiger partial charge is 0.139 e. The highest BCUT2D eigenvalue weighted by molar-refractivity contribution is 9.10. The van der Waals surface area contributed by atoms with E-state index in [1.54, 1.807) is 0 Å². The first-order valence-corrected chi connectivity index (χ1v) is 12.4. The second-order valence-electron chi connectivity index (χ2n) is 6.86. The highest BCUT2D eigenvalue weighted by Gasteiger charge is 2.12. The molecule has 0 aliphatic rings. The van der Waals surface area contributed by atoms with Crippen molar-refractivity contribution in [3.63, 3.8) is 0 Å². The van der Waals surface area contributed by atoms with Crippen molar-refractivity contribution < 1.29 is 4.74 Å². The van der Waals surface area contributed by atoms with Crippen LogP contribution in [0.2, 0.25) is 25.7 Å². The summed E-state index contributed by atoms with van der Waals surface area (Å²) in [4.78, 5) is 0. The number of hydrogen-bond acceptors (Lipinski definition) is 2. The zero-order valence-electron chi connectivity index (χ0n) is 14.0. The van der Waals surface area contributed by atoms with Crippen molar-refractivity contribution >= 4 is 24.0 Å². The second-order valence-corrected chi connectivity index (χ2v) is 13.3. The minimum atomic E-state index is -1.02. The molecule has 0 atom stereocenters. The Hall–Kier alpha value is -0.853. The van der Waals surface area contributed by atoms with Crippen molar-refractivity contribution in [2.45, 2.75) is 52.3 Å². The lowest BCUT2D eigenvalue weighted by Crippen LogP contribution is -2.22. The zero-order valence-corrected chi connectivity index (χ0v) is 16.6. The van der Waals surface area contributed by atoms with E-state index in [0.29, 0.717) is 6.73 Å². The zero-order chi connectivity index (χ0) is 16.2. The molecule has 0 bridgehead atoms. The summed E-state index contributed by atoms with van der Waals surface area (Å²) in [5, 5.41) is 4.39. The fourth-order valence-corrected chi connectivity index (χ4v) is 3.45. The number of aryl methyl sites for hydroxylation is 1. The number of aromatic nitrogens is 3. The fourth-order valence-electron chi connectivity index (χ4n) is 2.17. The molecule has 2 heterocycles. The van der Waals surface area contributed by atoms with Gasteiger partial charge in [-0.15, -0.1) is 0 Å². The Morgan fingerprint density at radius 1 is 1.23 bits per heavy atom. The normalized spacial score (nSPS) is 12.0. The predicted molar refractivity (Wildman–Crippen MR) is 97.7 cm³/mol. The number of ether oxygens (including phenoxy) is 1. The third-order valence-electron chi connectivity index (χ3n) is 3.49. The summed E-state index contributed by atoms with van der Waals surface area (Å²) < 4.78 is 10.9. The quantitative estimate of drug-likeness (QED) is 0.482.